The number of rotatable bonds is 2. The van der Waals surface area contributed by atoms with Gasteiger partial charge in [-0.15, -0.1) is 0 Å². The van der Waals surface area contributed by atoms with Gasteiger partial charge in [-0.3, -0.25) is 0 Å². The molecule has 0 amide bonds. The summed E-state index contributed by atoms with van der Waals surface area (Å²) in [4.78, 5) is 0. The van der Waals surface area contributed by atoms with Gasteiger partial charge in [0.25, 0.3) is 0 Å². The van der Waals surface area contributed by atoms with E-state index in [2.05, 4.69) is 66.7 Å². The van der Waals surface area contributed by atoms with E-state index in [4.69, 9.17) is 0 Å². The molecule has 0 radical (unpaired) electrons. The third-order valence-corrected chi connectivity index (χ3v) is 4.98. The number of aryl methyl sites for hydroxylation is 1. The van der Waals surface area contributed by atoms with Gasteiger partial charge in [0.2, 0.25) is 0 Å². The lowest BCUT2D eigenvalue weighted by Gasteiger charge is -2.34. The molecule has 0 bridgehead atoms. The summed E-state index contributed by atoms with van der Waals surface area (Å²) >= 11 is 0. The van der Waals surface area contributed by atoms with Crippen LogP contribution < -0.4 is 0 Å². The van der Waals surface area contributed by atoms with E-state index in [1.807, 2.05) is 12.1 Å². The molecule has 0 saturated carbocycles. The fourth-order valence-electron chi connectivity index (χ4n) is 3.94. The van der Waals surface area contributed by atoms with Gasteiger partial charge in [0.1, 0.15) is 5.75 Å². The van der Waals surface area contributed by atoms with Crippen molar-refractivity contribution >= 4 is 0 Å². The van der Waals surface area contributed by atoms with Gasteiger partial charge < -0.3 is 5.11 Å². The van der Waals surface area contributed by atoms with Crippen molar-refractivity contribution in [3.8, 4) is 5.75 Å². The molecule has 1 heteroatoms. The van der Waals surface area contributed by atoms with Gasteiger partial charge in [-0.05, 0) is 53.1 Å². The van der Waals surface area contributed by atoms with Gasteiger partial charge in [0, 0.05) is 5.92 Å². The zero-order valence-electron chi connectivity index (χ0n) is 13.0. The lowest BCUT2D eigenvalue weighted by Crippen LogP contribution is -2.20. The Balaban J connectivity index is 1.86. The molecule has 3 aromatic carbocycles. The topological polar surface area (TPSA) is 20.2 Å². The molecule has 3 aromatic rings. The highest BCUT2D eigenvalue weighted by molar-refractivity contribution is 5.47. The maximum atomic E-state index is 9.83. The van der Waals surface area contributed by atoms with E-state index in [1.54, 1.807) is 0 Å². The van der Waals surface area contributed by atoms with Crippen molar-refractivity contribution in [2.45, 2.75) is 24.7 Å². The molecule has 1 aliphatic carbocycles. The quantitative estimate of drug-likeness (QED) is 0.685. The van der Waals surface area contributed by atoms with Gasteiger partial charge in [-0.1, -0.05) is 66.7 Å². The lowest BCUT2D eigenvalue weighted by molar-refractivity contribution is 0.469. The molecule has 4 rings (SSSR count). The molecule has 0 fully saturated rings. The Kier molecular flexibility index (Phi) is 3.63. The standard InChI is InChI=1S/C22H20O/c23-19-12-14-21-18(15-19)11-13-20(16-7-3-1-4-8-16)22(21)17-9-5-2-6-10-17/h1-10,12,14-15,20,22-23H,11,13H2. The van der Waals surface area contributed by atoms with Gasteiger partial charge in [-0.2, -0.15) is 0 Å². The summed E-state index contributed by atoms with van der Waals surface area (Å²) in [5, 5.41) is 9.83. The number of phenolic OH excluding ortho intramolecular Hbond substituents is 1. The molecule has 2 atom stereocenters. The first kappa shape index (κ1) is 14.1. The summed E-state index contributed by atoms with van der Waals surface area (Å²) in [6.07, 6.45) is 2.13. The van der Waals surface area contributed by atoms with Crippen molar-refractivity contribution in [2.75, 3.05) is 0 Å². The van der Waals surface area contributed by atoms with Crippen LogP contribution in [0.1, 0.15) is 40.5 Å². The first-order valence-electron chi connectivity index (χ1n) is 8.24. The predicted molar refractivity (Wildman–Crippen MR) is 93.9 cm³/mol. The summed E-state index contributed by atoms with van der Waals surface area (Å²) in [5.41, 5.74) is 5.40. The summed E-state index contributed by atoms with van der Waals surface area (Å²) in [7, 11) is 0. The Morgan fingerprint density at radius 2 is 1.39 bits per heavy atom. The molecule has 0 aromatic heterocycles. The minimum atomic E-state index is 0.350. The Morgan fingerprint density at radius 3 is 2.09 bits per heavy atom. The second-order valence-corrected chi connectivity index (χ2v) is 6.33. The van der Waals surface area contributed by atoms with Gasteiger partial charge in [0.15, 0.2) is 0 Å². The minimum absolute atomic E-state index is 0.350. The molecule has 2 unspecified atom stereocenters. The molecule has 0 aliphatic heterocycles. The van der Waals surface area contributed by atoms with Crippen molar-refractivity contribution in [2.24, 2.45) is 0 Å². The predicted octanol–water partition coefficient (Wildman–Crippen LogP) is 5.25. The van der Waals surface area contributed by atoms with Gasteiger partial charge in [0.05, 0.1) is 0 Å². The second kappa shape index (κ2) is 5.92. The van der Waals surface area contributed by atoms with E-state index in [0.717, 1.165) is 12.8 Å². The first-order chi connectivity index (χ1) is 11.3. The second-order valence-electron chi connectivity index (χ2n) is 6.33. The largest absolute Gasteiger partial charge is 0.508 e. The van der Waals surface area contributed by atoms with Crippen LogP contribution in [0.25, 0.3) is 0 Å². The Morgan fingerprint density at radius 1 is 0.739 bits per heavy atom. The van der Waals surface area contributed by atoms with E-state index in [0.29, 0.717) is 17.6 Å². The van der Waals surface area contributed by atoms with Crippen molar-refractivity contribution in [3.63, 3.8) is 0 Å². The zero-order valence-corrected chi connectivity index (χ0v) is 13.0. The maximum Gasteiger partial charge on any atom is 0.115 e. The summed E-state index contributed by atoms with van der Waals surface area (Å²) in [6.45, 7) is 0. The number of benzene rings is 3. The number of fused-ring (bicyclic) bond motifs is 1. The van der Waals surface area contributed by atoms with Crippen LogP contribution in [-0.2, 0) is 6.42 Å². The van der Waals surface area contributed by atoms with Crippen LogP contribution in [-0.4, -0.2) is 5.11 Å². The highest BCUT2D eigenvalue weighted by Crippen LogP contribution is 2.46. The molecule has 0 saturated heterocycles. The van der Waals surface area contributed by atoms with Gasteiger partial charge >= 0.3 is 0 Å². The van der Waals surface area contributed by atoms with E-state index in [9.17, 15) is 5.11 Å². The SMILES string of the molecule is Oc1ccc2c(c1)CCC(c1ccccc1)C2c1ccccc1. The summed E-state index contributed by atoms with van der Waals surface area (Å²) < 4.78 is 0. The average Bonchev–Trinajstić information content (AvgIpc) is 2.62. The Hall–Kier alpha value is -2.54. The van der Waals surface area contributed by atoms with Crippen LogP contribution in [0.5, 0.6) is 5.75 Å². The molecule has 1 aliphatic rings. The molecule has 23 heavy (non-hydrogen) atoms. The summed E-state index contributed by atoms with van der Waals surface area (Å²) in [6, 6.07) is 27.4. The van der Waals surface area contributed by atoms with Crippen molar-refractivity contribution in [1.82, 2.24) is 0 Å². The van der Waals surface area contributed by atoms with Crippen LogP contribution >= 0.6 is 0 Å². The average molecular weight is 300 g/mol. The smallest absolute Gasteiger partial charge is 0.115 e. The molecule has 114 valence electrons. The van der Waals surface area contributed by atoms with Gasteiger partial charge in [-0.25, -0.2) is 0 Å². The van der Waals surface area contributed by atoms with E-state index in [-0.39, 0.29) is 0 Å². The molecule has 1 N–H and O–H groups in total. The number of hydrogen-bond donors (Lipinski definition) is 1. The fourth-order valence-corrected chi connectivity index (χ4v) is 3.94. The highest BCUT2D eigenvalue weighted by atomic mass is 16.3. The van der Waals surface area contributed by atoms with E-state index in [1.165, 1.54) is 22.3 Å². The number of aromatic hydroxyl groups is 1. The zero-order chi connectivity index (χ0) is 15.6. The van der Waals surface area contributed by atoms with Crippen molar-refractivity contribution < 1.29 is 5.11 Å². The van der Waals surface area contributed by atoms with Crippen LogP contribution in [0.15, 0.2) is 78.9 Å². The van der Waals surface area contributed by atoms with Crippen LogP contribution in [0, 0.1) is 0 Å². The molecule has 1 nitrogen and oxygen atoms in total. The molecular weight excluding hydrogens is 280 g/mol. The maximum absolute atomic E-state index is 9.83. The van der Waals surface area contributed by atoms with E-state index >= 15 is 0 Å². The monoisotopic (exact) mass is 300 g/mol. The third-order valence-electron chi connectivity index (χ3n) is 4.98. The molecule has 0 spiro atoms. The highest BCUT2D eigenvalue weighted by Gasteiger charge is 2.31. The van der Waals surface area contributed by atoms with Crippen molar-refractivity contribution in [3.05, 3.63) is 101 Å². The first-order valence-corrected chi connectivity index (χ1v) is 8.24. The van der Waals surface area contributed by atoms with Crippen LogP contribution in [0.3, 0.4) is 0 Å². The Labute approximate surface area is 137 Å². The molecular formula is C22H20O. The van der Waals surface area contributed by atoms with Crippen LogP contribution in [0.4, 0.5) is 0 Å². The van der Waals surface area contributed by atoms with Crippen LogP contribution in [0.2, 0.25) is 0 Å². The van der Waals surface area contributed by atoms with Crippen molar-refractivity contribution in [1.29, 1.82) is 0 Å². The third kappa shape index (κ3) is 2.63. The number of phenols is 1. The normalized spacial score (nSPS) is 20.0. The minimum Gasteiger partial charge on any atom is -0.508 e. The summed E-state index contributed by atoms with van der Waals surface area (Å²) in [5.74, 6) is 1.20. The molecule has 0 heterocycles. The lowest BCUT2D eigenvalue weighted by atomic mass is 9.69. The van der Waals surface area contributed by atoms with E-state index < -0.39 is 0 Å². The fraction of sp³-hybridized carbons (Fsp3) is 0.182. The number of hydrogen-bond acceptors (Lipinski definition) is 1. The Bertz CT molecular complexity index is 793.